The van der Waals surface area contributed by atoms with Crippen LogP contribution in [-0.2, 0) is 6.42 Å². The van der Waals surface area contributed by atoms with Gasteiger partial charge in [0.15, 0.2) is 0 Å². The molecule has 0 radical (unpaired) electrons. The molecule has 0 heterocycles. The van der Waals surface area contributed by atoms with Crippen LogP contribution < -0.4 is 0 Å². The van der Waals surface area contributed by atoms with Crippen molar-refractivity contribution in [2.75, 3.05) is 20.6 Å². The molecule has 23 heavy (non-hydrogen) atoms. The largest absolute Gasteiger partial charge is 0.478 e. The first-order chi connectivity index (χ1) is 10.6. The summed E-state index contributed by atoms with van der Waals surface area (Å²) in [5.41, 5.74) is 2.58. The van der Waals surface area contributed by atoms with Crippen LogP contribution >= 0.6 is 12.4 Å². The van der Waals surface area contributed by atoms with Crippen LogP contribution in [0, 0.1) is 0 Å². The van der Waals surface area contributed by atoms with Crippen LogP contribution in [0.4, 0.5) is 0 Å². The second kappa shape index (κ2) is 9.33. The highest BCUT2D eigenvalue weighted by molar-refractivity contribution is 5.89. The molecule has 0 aliphatic carbocycles. The van der Waals surface area contributed by atoms with E-state index in [-0.39, 0.29) is 12.4 Å². The topological polar surface area (TPSA) is 40.5 Å². The quantitative estimate of drug-likeness (QED) is 0.829. The normalized spacial score (nSPS) is 11.8. The molecule has 1 N–H and O–H groups in total. The summed E-state index contributed by atoms with van der Waals surface area (Å²) in [6, 6.07) is 17.7. The zero-order valence-corrected chi connectivity index (χ0v) is 14.4. The van der Waals surface area contributed by atoms with Crippen molar-refractivity contribution in [3.05, 3.63) is 71.3 Å². The summed E-state index contributed by atoms with van der Waals surface area (Å²) in [6.07, 6.45) is 1.76. The molecule has 1 atom stereocenters. The van der Waals surface area contributed by atoms with Crippen molar-refractivity contribution in [2.45, 2.75) is 18.8 Å². The lowest BCUT2D eigenvalue weighted by atomic mass is 9.87. The SMILES string of the molecule is CN(C)CCC(Cc1ccccc1C(=O)O)c1ccccc1.Cl. The molecule has 1 unspecified atom stereocenters. The van der Waals surface area contributed by atoms with Gasteiger partial charge in [-0.15, -0.1) is 12.4 Å². The van der Waals surface area contributed by atoms with E-state index >= 15 is 0 Å². The van der Waals surface area contributed by atoms with E-state index in [9.17, 15) is 9.90 Å². The summed E-state index contributed by atoms with van der Waals surface area (Å²) in [7, 11) is 4.13. The Hall–Kier alpha value is -1.84. The predicted octanol–water partition coefficient (Wildman–Crippen LogP) is 4.08. The minimum atomic E-state index is -0.852. The van der Waals surface area contributed by atoms with Gasteiger partial charge in [-0.1, -0.05) is 48.5 Å². The molecule has 0 amide bonds. The van der Waals surface area contributed by atoms with Crippen molar-refractivity contribution in [1.29, 1.82) is 0 Å². The Morgan fingerprint density at radius 3 is 2.26 bits per heavy atom. The molecule has 2 aromatic rings. The Balaban J connectivity index is 0.00000264. The molecule has 0 saturated heterocycles. The fourth-order valence-corrected chi connectivity index (χ4v) is 2.70. The fraction of sp³-hybridized carbons (Fsp3) is 0.316. The predicted molar refractivity (Wildman–Crippen MR) is 96.7 cm³/mol. The Kier molecular flexibility index (Phi) is 7.79. The first-order valence-corrected chi connectivity index (χ1v) is 7.59. The number of halogens is 1. The average Bonchev–Trinajstić information content (AvgIpc) is 2.52. The lowest BCUT2D eigenvalue weighted by Gasteiger charge is -2.20. The molecular formula is C19H24ClNO2. The molecule has 0 saturated carbocycles. The molecule has 0 spiro atoms. The summed E-state index contributed by atoms with van der Waals surface area (Å²) in [6.45, 7) is 0.981. The van der Waals surface area contributed by atoms with Crippen molar-refractivity contribution >= 4 is 18.4 Å². The third-order valence-corrected chi connectivity index (χ3v) is 3.91. The minimum absolute atomic E-state index is 0. The molecule has 0 fully saturated rings. The van der Waals surface area contributed by atoms with Gasteiger partial charge in [0.05, 0.1) is 5.56 Å². The lowest BCUT2D eigenvalue weighted by Crippen LogP contribution is -2.17. The van der Waals surface area contributed by atoms with Crippen LogP contribution in [0.25, 0.3) is 0 Å². The van der Waals surface area contributed by atoms with Gasteiger partial charge in [0.2, 0.25) is 0 Å². The average molecular weight is 334 g/mol. The molecule has 3 nitrogen and oxygen atoms in total. The highest BCUT2D eigenvalue weighted by Gasteiger charge is 2.16. The minimum Gasteiger partial charge on any atom is -0.478 e. The van der Waals surface area contributed by atoms with E-state index in [2.05, 4.69) is 31.1 Å². The number of hydrogen-bond acceptors (Lipinski definition) is 2. The van der Waals surface area contributed by atoms with Crippen LogP contribution in [0.2, 0.25) is 0 Å². The fourth-order valence-electron chi connectivity index (χ4n) is 2.70. The number of rotatable bonds is 7. The van der Waals surface area contributed by atoms with E-state index in [1.54, 1.807) is 12.1 Å². The maximum absolute atomic E-state index is 11.4. The molecule has 0 aliphatic rings. The molecule has 0 aliphatic heterocycles. The number of nitrogens with zero attached hydrogens (tertiary/aromatic N) is 1. The lowest BCUT2D eigenvalue weighted by molar-refractivity contribution is 0.0695. The number of carboxylic acids is 1. The Morgan fingerprint density at radius 2 is 1.65 bits per heavy atom. The third kappa shape index (κ3) is 5.70. The van der Waals surface area contributed by atoms with Gasteiger partial charge in [-0.25, -0.2) is 4.79 Å². The number of carbonyl (C=O) groups is 1. The molecule has 2 aromatic carbocycles. The number of aromatic carboxylic acids is 1. The van der Waals surface area contributed by atoms with E-state index in [0.717, 1.165) is 24.9 Å². The van der Waals surface area contributed by atoms with Crippen molar-refractivity contribution < 1.29 is 9.90 Å². The monoisotopic (exact) mass is 333 g/mol. The maximum atomic E-state index is 11.4. The van der Waals surface area contributed by atoms with Gasteiger partial charge in [0.25, 0.3) is 0 Å². The van der Waals surface area contributed by atoms with Crippen LogP contribution in [0.15, 0.2) is 54.6 Å². The maximum Gasteiger partial charge on any atom is 0.335 e. The molecule has 2 rings (SSSR count). The van der Waals surface area contributed by atoms with Crippen molar-refractivity contribution in [3.63, 3.8) is 0 Å². The molecule has 0 aromatic heterocycles. The Morgan fingerprint density at radius 1 is 1.04 bits per heavy atom. The summed E-state index contributed by atoms with van der Waals surface area (Å²) in [5, 5.41) is 9.36. The summed E-state index contributed by atoms with van der Waals surface area (Å²) < 4.78 is 0. The second-order valence-electron chi connectivity index (χ2n) is 5.87. The zero-order chi connectivity index (χ0) is 15.9. The van der Waals surface area contributed by atoms with E-state index in [1.807, 2.05) is 30.3 Å². The smallest absolute Gasteiger partial charge is 0.335 e. The highest BCUT2D eigenvalue weighted by Crippen LogP contribution is 2.26. The summed E-state index contributed by atoms with van der Waals surface area (Å²) in [5.74, 6) is -0.529. The van der Waals surface area contributed by atoms with Gasteiger partial charge >= 0.3 is 5.97 Å². The first-order valence-electron chi connectivity index (χ1n) is 7.59. The zero-order valence-electron chi connectivity index (χ0n) is 13.6. The van der Waals surface area contributed by atoms with Crippen molar-refractivity contribution in [2.24, 2.45) is 0 Å². The first kappa shape index (κ1) is 19.2. The third-order valence-electron chi connectivity index (χ3n) is 3.91. The van der Waals surface area contributed by atoms with Gasteiger partial charge in [0.1, 0.15) is 0 Å². The van der Waals surface area contributed by atoms with E-state index in [4.69, 9.17) is 0 Å². The standard InChI is InChI=1S/C19H23NO2.ClH/c1-20(2)13-12-16(15-8-4-3-5-9-15)14-17-10-6-7-11-18(17)19(21)22;/h3-11,16H,12-14H2,1-2H3,(H,21,22);1H. The number of benzene rings is 2. The van der Waals surface area contributed by atoms with Crippen LogP contribution in [0.5, 0.6) is 0 Å². The van der Waals surface area contributed by atoms with Crippen LogP contribution in [0.1, 0.15) is 33.8 Å². The van der Waals surface area contributed by atoms with Crippen molar-refractivity contribution in [1.82, 2.24) is 4.90 Å². The molecule has 0 bridgehead atoms. The Bertz CT molecular complexity index is 614. The second-order valence-corrected chi connectivity index (χ2v) is 5.87. The van der Waals surface area contributed by atoms with Crippen LogP contribution in [0.3, 0.4) is 0 Å². The van der Waals surface area contributed by atoms with E-state index in [1.165, 1.54) is 5.56 Å². The van der Waals surface area contributed by atoms with Gasteiger partial charge in [-0.3, -0.25) is 0 Å². The molecule has 124 valence electrons. The van der Waals surface area contributed by atoms with Gasteiger partial charge in [-0.05, 0) is 56.6 Å². The van der Waals surface area contributed by atoms with E-state index in [0.29, 0.717) is 11.5 Å². The van der Waals surface area contributed by atoms with Crippen molar-refractivity contribution in [3.8, 4) is 0 Å². The highest BCUT2D eigenvalue weighted by atomic mass is 35.5. The number of carboxylic acid groups (broad SMARTS) is 1. The summed E-state index contributed by atoms with van der Waals surface area (Å²) in [4.78, 5) is 13.6. The van der Waals surface area contributed by atoms with Gasteiger partial charge in [-0.2, -0.15) is 0 Å². The van der Waals surface area contributed by atoms with Gasteiger partial charge in [0, 0.05) is 0 Å². The Labute approximate surface area is 144 Å². The molecule has 4 heteroatoms. The number of hydrogen-bond donors (Lipinski definition) is 1. The molecular weight excluding hydrogens is 310 g/mol. The van der Waals surface area contributed by atoms with Crippen LogP contribution in [-0.4, -0.2) is 36.6 Å². The van der Waals surface area contributed by atoms with Gasteiger partial charge < -0.3 is 10.0 Å². The summed E-state index contributed by atoms with van der Waals surface area (Å²) >= 11 is 0. The van der Waals surface area contributed by atoms with E-state index < -0.39 is 5.97 Å².